The minimum atomic E-state index is 0.438. The Morgan fingerprint density at radius 3 is 2.90 bits per heavy atom. The molecule has 0 bridgehead atoms. The minimum absolute atomic E-state index is 0.438. The molecule has 1 heterocycles. The highest BCUT2D eigenvalue weighted by molar-refractivity contribution is 9.10. The lowest BCUT2D eigenvalue weighted by atomic mass is 10.0. The maximum Gasteiger partial charge on any atom is 0.175 e. The van der Waals surface area contributed by atoms with Crippen molar-refractivity contribution < 1.29 is 9.47 Å². The van der Waals surface area contributed by atoms with Crippen molar-refractivity contribution in [3.63, 3.8) is 0 Å². The van der Waals surface area contributed by atoms with Crippen molar-refractivity contribution in [1.29, 1.82) is 0 Å². The van der Waals surface area contributed by atoms with Crippen LogP contribution in [0.1, 0.15) is 11.5 Å². The number of halogens is 1. The zero-order valence-electron chi connectivity index (χ0n) is 11.1. The molecule has 1 aliphatic rings. The van der Waals surface area contributed by atoms with E-state index in [1.807, 2.05) is 30.0 Å². The Morgan fingerprint density at radius 1 is 1.20 bits per heavy atom. The van der Waals surface area contributed by atoms with Gasteiger partial charge in [0.05, 0.1) is 18.2 Å². The van der Waals surface area contributed by atoms with E-state index in [2.05, 4.69) is 40.2 Å². The van der Waals surface area contributed by atoms with Gasteiger partial charge in [0.1, 0.15) is 0 Å². The summed E-state index contributed by atoms with van der Waals surface area (Å²) in [4.78, 5) is 1.38. The third kappa shape index (κ3) is 2.67. The molecule has 0 aliphatic carbocycles. The fraction of sp³-hybridized carbons (Fsp3) is 0.250. The Labute approximate surface area is 131 Å². The van der Waals surface area contributed by atoms with Gasteiger partial charge in [-0.3, -0.25) is 0 Å². The summed E-state index contributed by atoms with van der Waals surface area (Å²) in [5.41, 5.74) is 1.39. The van der Waals surface area contributed by atoms with E-state index in [1.165, 1.54) is 10.5 Å². The molecule has 3 rings (SSSR count). The van der Waals surface area contributed by atoms with Crippen molar-refractivity contribution in [3.05, 3.63) is 52.5 Å². The molecule has 104 valence electrons. The van der Waals surface area contributed by atoms with E-state index in [4.69, 9.17) is 9.47 Å². The van der Waals surface area contributed by atoms with Crippen LogP contribution in [0.3, 0.4) is 0 Å². The molecule has 0 aromatic heterocycles. The van der Waals surface area contributed by atoms with Gasteiger partial charge in [-0.1, -0.05) is 24.3 Å². The Kier molecular flexibility index (Phi) is 4.22. The van der Waals surface area contributed by atoms with E-state index in [0.29, 0.717) is 12.5 Å². The Morgan fingerprint density at radius 2 is 2.05 bits per heavy atom. The Bertz CT molecular complexity index is 615. The second-order valence-corrected chi connectivity index (χ2v) is 6.54. The SMILES string of the molecule is COc1cccc(Br)c1OCC1CSc2ccccc21. The monoisotopic (exact) mass is 350 g/mol. The fourth-order valence-corrected chi connectivity index (χ4v) is 4.04. The number of thioether (sulfide) groups is 1. The second kappa shape index (κ2) is 6.10. The highest BCUT2D eigenvalue weighted by Crippen LogP contribution is 2.41. The van der Waals surface area contributed by atoms with Crippen LogP contribution in [-0.2, 0) is 0 Å². The number of rotatable bonds is 4. The molecule has 0 spiro atoms. The van der Waals surface area contributed by atoms with Gasteiger partial charge in [-0.15, -0.1) is 11.8 Å². The molecule has 1 atom stereocenters. The lowest BCUT2D eigenvalue weighted by molar-refractivity contribution is 0.277. The largest absolute Gasteiger partial charge is 0.493 e. The number of ether oxygens (including phenoxy) is 2. The molecule has 0 fully saturated rings. The molecule has 0 N–H and O–H groups in total. The maximum absolute atomic E-state index is 6.01. The third-order valence-corrected chi connectivity index (χ3v) is 5.25. The van der Waals surface area contributed by atoms with E-state index in [-0.39, 0.29) is 0 Å². The number of fused-ring (bicyclic) bond motifs is 1. The minimum Gasteiger partial charge on any atom is -0.493 e. The van der Waals surface area contributed by atoms with Crippen LogP contribution in [0.25, 0.3) is 0 Å². The standard InChI is InChI=1S/C16H15BrO2S/c1-18-14-7-4-6-13(17)16(14)19-9-11-10-20-15-8-3-2-5-12(11)15/h2-8,11H,9-10H2,1H3. The van der Waals surface area contributed by atoms with Gasteiger partial charge in [0.2, 0.25) is 0 Å². The van der Waals surface area contributed by atoms with Gasteiger partial charge in [-0.2, -0.15) is 0 Å². The van der Waals surface area contributed by atoms with Crippen LogP contribution in [0, 0.1) is 0 Å². The number of hydrogen-bond donors (Lipinski definition) is 0. The first-order valence-electron chi connectivity index (χ1n) is 6.46. The number of methoxy groups -OCH3 is 1. The maximum atomic E-state index is 6.01. The van der Waals surface area contributed by atoms with Crippen LogP contribution in [0.15, 0.2) is 51.8 Å². The topological polar surface area (TPSA) is 18.5 Å². The van der Waals surface area contributed by atoms with Crippen molar-refractivity contribution >= 4 is 27.7 Å². The molecule has 2 nitrogen and oxygen atoms in total. The fourth-order valence-electron chi connectivity index (χ4n) is 2.34. The first kappa shape index (κ1) is 13.8. The molecule has 1 unspecified atom stereocenters. The average molecular weight is 351 g/mol. The summed E-state index contributed by atoms with van der Waals surface area (Å²) in [7, 11) is 1.66. The zero-order chi connectivity index (χ0) is 13.9. The number of benzene rings is 2. The molecule has 0 amide bonds. The predicted molar refractivity (Wildman–Crippen MR) is 86.1 cm³/mol. The van der Waals surface area contributed by atoms with Gasteiger partial charge < -0.3 is 9.47 Å². The predicted octanol–water partition coefficient (Wildman–Crippen LogP) is 4.73. The summed E-state index contributed by atoms with van der Waals surface area (Å²) in [6.07, 6.45) is 0. The summed E-state index contributed by atoms with van der Waals surface area (Å²) in [6, 6.07) is 14.4. The average Bonchev–Trinajstić information content (AvgIpc) is 2.89. The van der Waals surface area contributed by atoms with Crippen LogP contribution in [0.2, 0.25) is 0 Å². The molecule has 20 heavy (non-hydrogen) atoms. The highest BCUT2D eigenvalue weighted by atomic mass is 79.9. The van der Waals surface area contributed by atoms with E-state index in [9.17, 15) is 0 Å². The van der Waals surface area contributed by atoms with Crippen LogP contribution in [0.5, 0.6) is 11.5 Å². The summed E-state index contributed by atoms with van der Waals surface area (Å²) in [6.45, 7) is 0.670. The lowest BCUT2D eigenvalue weighted by Gasteiger charge is -2.16. The van der Waals surface area contributed by atoms with Crippen molar-refractivity contribution in [1.82, 2.24) is 0 Å². The van der Waals surface area contributed by atoms with Crippen molar-refractivity contribution in [2.24, 2.45) is 0 Å². The van der Waals surface area contributed by atoms with E-state index in [0.717, 1.165) is 21.7 Å². The van der Waals surface area contributed by atoms with Gasteiger partial charge in [0.25, 0.3) is 0 Å². The molecule has 2 aromatic carbocycles. The molecular formula is C16H15BrO2S. The first-order chi connectivity index (χ1) is 9.79. The molecule has 0 radical (unpaired) electrons. The molecule has 0 saturated heterocycles. The molecule has 4 heteroatoms. The third-order valence-electron chi connectivity index (χ3n) is 3.38. The summed E-state index contributed by atoms with van der Waals surface area (Å²) in [5.74, 6) is 3.06. The van der Waals surface area contributed by atoms with Gasteiger partial charge in [0, 0.05) is 16.6 Å². The van der Waals surface area contributed by atoms with Crippen LogP contribution >= 0.6 is 27.7 Å². The van der Waals surface area contributed by atoms with Crippen LogP contribution < -0.4 is 9.47 Å². The summed E-state index contributed by atoms with van der Waals surface area (Å²) in [5, 5.41) is 0. The normalized spacial score (nSPS) is 16.8. The van der Waals surface area contributed by atoms with E-state index in [1.54, 1.807) is 7.11 Å². The van der Waals surface area contributed by atoms with Crippen LogP contribution in [-0.4, -0.2) is 19.5 Å². The smallest absolute Gasteiger partial charge is 0.175 e. The lowest BCUT2D eigenvalue weighted by Crippen LogP contribution is -2.10. The van der Waals surface area contributed by atoms with Gasteiger partial charge in [-0.25, -0.2) is 0 Å². The zero-order valence-corrected chi connectivity index (χ0v) is 13.5. The van der Waals surface area contributed by atoms with Crippen molar-refractivity contribution in [3.8, 4) is 11.5 Å². The molecular weight excluding hydrogens is 336 g/mol. The van der Waals surface area contributed by atoms with Crippen LogP contribution in [0.4, 0.5) is 0 Å². The highest BCUT2D eigenvalue weighted by Gasteiger charge is 2.24. The Hall–Kier alpha value is -1.13. The molecule has 2 aromatic rings. The molecule has 1 aliphatic heterocycles. The Balaban J connectivity index is 1.75. The second-order valence-electron chi connectivity index (χ2n) is 4.63. The van der Waals surface area contributed by atoms with Gasteiger partial charge in [-0.05, 0) is 39.7 Å². The molecule has 0 saturated carbocycles. The number of hydrogen-bond acceptors (Lipinski definition) is 3. The van der Waals surface area contributed by atoms with Gasteiger partial charge >= 0.3 is 0 Å². The van der Waals surface area contributed by atoms with Crippen molar-refractivity contribution in [2.75, 3.05) is 19.5 Å². The summed E-state index contributed by atoms with van der Waals surface area (Å²) < 4.78 is 12.3. The summed E-state index contributed by atoms with van der Waals surface area (Å²) >= 11 is 5.42. The number of para-hydroxylation sites is 1. The van der Waals surface area contributed by atoms with E-state index < -0.39 is 0 Å². The van der Waals surface area contributed by atoms with Gasteiger partial charge in [0.15, 0.2) is 11.5 Å². The van der Waals surface area contributed by atoms with E-state index >= 15 is 0 Å². The first-order valence-corrected chi connectivity index (χ1v) is 8.24. The quantitative estimate of drug-likeness (QED) is 0.794. The van der Waals surface area contributed by atoms with Crippen molar-refractivity contribution in [2.45, 2.75) is 10.8 Å².